The molecule has 1 aliphatic heterocycles. The van der Waals surface area contributed by atoms with E-state index in [-0.39, 0.29) is 18.9 Å². The van der Waals surface area contributed by atoms with Crippen LogP contribution < -0.4 is 0 Å². The fraction of sp³-hybridized carbons (Fsp3) is 0.353. The number of hydrogen-bond acceptors (Lipinski definition) is 6. The SMILES string of the molecule is C/C=C1/CN(S(=O)(=O)c2ccccc2[N+](=O)[O-])C2CC1C(C=O)=CC2O. The zero-order valence-electron chi connectivity index (χ0n) is 14.0. The fourth-order valence-electron chi connectivity index (χ4n) is 3.63. The minimum atomic E-state index is -4.22. The van der Waals surface area contributed by atoms with Crippen LogP contribution in [0.3, 0.4) is 0 Å². The zero-order valence-corrected chi connectivity index (χ0v) is 14.8. The van der Waals surface area contributed by atoms with Gasteiger partial charge < -0.3 is 5.11 Å². The first-order chi connectivity index (χ1) is 12.3. The van der Waals surface area contributed by atoms with E-state index in [0.717, 1.165) is 15.9 Å². The Morgan fingerprint density at radius 2 is 2.04 bits per heavy atom. The van der Waals surface area contributed by atoms with Crippen molar-refractivity contribution >= 4 is 22.0 Å². The molecule has 3 rings (SSSR count). The van der Waals surface area contributed by atoms with Gasteiger partial charge in [-0.25, -0.2) is 8.42 Å². The lowest BCUT2D eigenvalue weighted by Crippen LogP contribution is -2.54. The number of nitro groups is 1. The highest BCUT2D eigenvalue weighted by molar-refractivity contribution is 7.89. The van der Waals surface area contributed by atoms with Crippen LogP contribution >= 0.6 is 0 Å². The summed E-state index contributed by atoms with van der Waals surface area (Å²) in [4.78, 5) is 21.4. The lowest BCUT2D eigenvalue weighted by Gasteiger charge is -2.44. The van der Waals surface area contributed by atoms with Crippen molar-refractivity contribution in [1.82, 2.24) is 4.31 Å². The zero-order chi connectivity index (χ0) is 19.1. The second-order valence-electron chi connectivity index (χ2n) is 6.27. The predicted octanol–water partition coefficient (Wildman–Crippen LogP) is 1.42. The maximum absolute atomic E-state index is 13.2. The Bertz CT molecular complexity index is 921. The number of benzene rings is 1. The lowest BCUT2D eigenvalue weighted by molar-refractivity contribution is -0.387. The van der Waals surface area contributed by atoms with Crippen LogP contribution in [0.5, 0.6) is 0 Å². The van der Waals surface area contributed by atoms with E-state index in [9.17, 15) is 28.4 Å². The van der Waals surface area contributed by atoms with E-state index < -0.39 is 37.7 Å². The summed E-state index contributed by atoms with van der Waals surface area (Å²) < 4.78 is 27.4. The van der Waals surface area contributed by atoms with Crippen LogP contribution in [0.2, 0.25) is 0 Å². The Morgan fingerprint density at radius 1 is 1.35 bits per heavy atom. The van der Waals surface area contributed by atoms with Gasteiger partial charge in [-0.3, -0.25) is 14.9 Å². The van der Waals surface area contributed by atoms with Crippen LogP contribution in [0.4, 0.5) is 5.69 Å². The maximum Gasteiger partial charge on any atom is 0.289 e. The molecule has 0 radical (unpaired) electrons. The summed E-state index contributed by atoms with van der Waals surface area (Å²) in [6.07, 6.45) is 2.90. The molecule has 26 heavy (non-hydrogen) atoms. The molecule has 8 nitrogen and oxygen atoms in total. The van der Waals surface area contributed by atoms with E-state index in [1.807, 2.05) is 0 Å². The molecular weight excluding hydrogens is 360 g/mol. The van der Waals surface area contributed by atoms with E-state index in [0.29, 0.717) is 11.9 Å². The van der Waals surface area contributed by atoms with Crippen molar-refractivity contribution in [3.05, 3.63) is 57.7 Å². The molecule has 2 aliphatic rings. The number of allylic oxidation sites excluding steroid dienone is 2. The van der Waals surface area contributed by atoms with Crippen LogP contribution in [0.1, 0.15) is 13.3 Å². The van der Waals surface area contributed by atoms with Crippen molar-refractivity contribution in [1.29, 1.82) is 0 Å². The molecular formula is C17H18N2O6S. The van der Waals surface area contributed by atoms with Gasteiger partial charge in [0.1, 0.15) is 6.29 Å². The summed E-state index contributed by atoms with van der Waals surface area (Å²) in [7, 11) is -4.22. The van der Waals surface area contributed by atoms with Gasteiger partial charge in [-0.1, -0.05) is 23.8 Å². The number of nitro benzene ring substituents is 1. The summed E-state index contributed by atoms with van der Waals surface area (Å²) in [5.74, 6) is -0.247. The van der Waals surface area contributed by atoms with Gasteiger partial charge in [0, 0.05) is 18.5 Å². The van der Waals surface area contributed by atoms with E-state index >= 15 is 0 Å². The monoisotopic (exact) mass is 378 g/mol. The number of carbonyl (C=O) groups excluding carboxylic acids is 1. The molecule has 1 heterocycles. The Morgan fingerprint density at radius 3 is 2.65 bits per heavy atom. The van der Waals surface area contributed by atoms with E-state index in [1.54, 1.807) is 13.0 Å². The topological polar surface area (TPSA) is 118 Å². The average molecular weight is 378 g/mol. The second-order valence-corrected chi connectivity index (χ2v) is 8.13. The third-order valence-electron chi connectivity index (χ3n) is 4.95. The van der Waals surface area contributed by atoms with E-state index in [4.69, 9.17) is 0 Å². The van der Waals surface area contributed by atoms with Gasteiger partial charge in [-0.15, -0.1) is 0 Å². The van der Waals surface area contributed by atoms with Crippen molar-refractivity contribution in [2.45, 2.75) is 30.4 Å². The van der Waals surface area contributed by atoms with Gasteiger partial charge in [0.15, 0.2) is 4.90 Å². The molecule has 1 saturated heterocycles. The first-order valence-corrected chi connectivity index (χ1v) is 9.50. The molecule has 138 valence electrons. The first kappa shape index (κ1) is 18.4. The molecule has 1 aliphatic carbocycles. The smallest absolute Gasteiger partial charge is 0.289 e. The molecule has 1 aromatic rings. The summed E-state index contributed by atoms with van der Waals surface area (Å²) in [6.45, 7) is 1.72. The number of aliphatic hydroxyl groups excluding tert-OH is 1. The number of aliphatic hydroxyl groups is 1. The van der Waals surface area contributed by atoms with Crippen molar-refractivity contribution in [2.24, 2.45) is 5.92 Å². The van der Waals surface area contributed by atoms with E-state index in [1.165, 1.54) is 24.3 Å². The second kappa shape index (κ2) is 6.75. The number of piperidine rings is 1. The number of fused-ring (bicyclic) bond motifs is 2. The Hall–Kier alpha value is -2.36. The Kier molecular flexibility index (Phi) is 4.78. The Labute approximate surface area is 150 Å². The standard InChI is InChI=1S/C17H18N2O6S/c1-2-11-9-18(15-8-13(11)12(10-20)7-16(15)21)26(24,25)17-6-4-3-5-14(17)19(22)23/h2-7,10,13,15-16,21H,8-9H2,1H3/b11-2-. The van der Waals surface area contributed by atoms with Crippen LogP contribution in [-0.4, -0.2) is 47.7 Å². The first-order valence-electron chi connectivity index (χ1n) is 8.06. The third kappa shape index (κ3) is 2.87. The molecule has 3 atom stereocenters. The molecule has 1 aromatic carbocycles. The molecule has 0 spiro atoms. The van der Waals surface area contributed by atoms with Gasteiger partial charge in [0.05, 0.1) is 17.1 Å². The third-order valence-corrected chi connectivity index (χ3v) is 6.87. The quantitative estimate of drug-likeness (QED) is 0.366. The number of sulfonamides is 1. The van der Waals surface area contributed by atoms with Gasteiger partial charge in [0.25, 0.3) is 15.7 Å². The molecule has 2 bridgehead atoms. The fourth-order valence-corrected chi connectivity index (χ4v) is 5.43. The summed E-state index contributed by atoms with van der Waals surface area (Å²) in [5.41, 5.74) is 0.657. The number of rotatable bonds is 4. The van der Waals surface area contributed by atoms with E-state index in [2.05, 4.69) is 0 Å². The van der Waals surface area contributed by atoms with Crippen molar-refractivity contribution < 1.29 is 23.2 Å². The molecule has 3 unspecified atom stereocenters. The van der Waals surface area contributed by atoms with Gasteiger partial charge in [-0.05, 0) is 31.1 Å². The molecule has 9 heteroatoms. The molecule has 0 aromatic heterocycles. The molecule has 0 amide bonds. The normalized spacial score (nSPS) is 27.8. The summed E-state index contributed by atoms with van der Waals surface area (Å²) in [6, 6.07) is 4.37. The van der Waals surface area contributed by atoms with Gasteiger partial charge in [-0.2, -0.15) is 4.31 Å². The van der Waals surface area contributed by atoms with Crippen molar-refractivity contribution in [3.63, 3.8) is 0 Å². The van der Waals surface area contributed by atoms with Gasteiger partial charge >= 0.3 is 0 Å². The van der Waals surface area contributed by atoms with Crippen molar-refractivity contribution in [3.8, 4) is 0 Å². The van der Waals surface area contributed by atoms with Crippen molar-refractivity contribution in [2.75, 3.05) is 6.54 Å². The number of nitrogens with zero attached hydrogens (tertiary/aromatic N) is 2. The summed E-state index contributed by atoms with van der Waals surface area (Å²) in [5, 5.41) is 21.6. The Balaban J connectivity index is 2.11. The highest BCUT2D eigenvalue weighted by Gasteiger charge is 2.46. The van der Waals surface area contributed by atoms with Gasteiger partial charge in [0.2, 0.25) is 0 Å². The number of aldehydes is 1. The lowest BCUT2D eigenvalue weighted by atomic mass is 9.76. The molecule has 1 N–H and O–H groups in total. The number of para-hydroxylation sites is 1. The molecule has 0 saturated carbocycles. The maximum atomic E-state index is 13.2. The van der Waals surface area contributed by atoms with Crippen LogP contribution in [0.15, 0.2) is 52.5 Å². The minimum Gasteiger partial charge on any atom is -0.387 e. The summed E-state index contributed by atoms with van der Waals surface area (Å²) >= 11 is 0. The predicted molar refractivity (Wildman–Crippen MR) is 92.8 cm³/mol. The number of carbonyl (C=O) groups is 1. The van der Waals surface area contributed by atoms with Crippen LogP contribution in [0, 0.1) is 16.0 Å². The van der Waals surface area contributed by atoms with Crippen LogP contribution in [0.25, 0.3) is 0 Å². The largest absolute Gasteiger partial charge is 0.387 e. The van der Waals surface area contributed by atoms with Crippen LogP contribution in [-0.2, 0) is 14.8 Å². The highest BCUT2D eigenvalue weighted by atomic mass is 32.2. The highest BCUT2D eigenvalue weighted by Crippen LogP contribution is 2.41. The minimum absolute atomic E-state index is 0.0253. The average Bonchev–Trinajstić information content (AvgIpc) is 2.64. The number of hydrogen-bond donors (Lipinski definition) is 1. The molecule has 1 fully saturated rings.